The molecule has 1 unspecified atom stereocenters. The third-order valence-corrected chi connectivity index (χ3v) is 5.57. The Labute approximate surface area is 164 Å². The van der Waals surface area contributed by atoms with Gasteiger partial charge in [0.2, 0.25) is 5.89 Å². The van der Waals surface area contributed by atoms with Crippen LogP contribution in [-0.4, -0.2) is 10.1 Å². The number of benzene rings is 1. The molecule has 1 atom stereocenters. The molecule has 4 nitrogen and oxygen atoms in total. The van der Waals surface area contributed by atoms with Crippen molar-refractivity contribution in [2.45, 2.75) is 84.7 Å². The van der Waals surface area contributed by atoms with Crippen molar-refractivity contribution in [2.24, 2.45) is 11.8 Å². The first kappa shape index (κ1) is 20.1. The van der Waals surface area contributed by atoms with Crippen LogP contribution in [0.1, 0.15) is 94.6 Å². The van der Waals surface area contributed by atoms with Crippen LogP contribution in [0.15, 0.2) is 28.8 Å². The van der Waals surface area contributed by atoms with Gasteiger partial charge in [0.1, 0.15) is 0 Å². The first-order chi connectivity index (χ1) is 13.0. The minimum Gasteiger partial charge on any atom is -0.339 e. The maximum Gasteiger partial charge on any atom is 0.229 e. The van der Waals surface area contributed by atoms with E-state index in [1.54, 1.807) is 0 Å². The molecular formula is C23H35N3O. The zero-order valence-electron chi connectivity index (χ0n) is 17.4. The lowest BCUT2D eigenvalue weighted by atomic mass is 9.89. The quantitative estimate of drug-likeness (QED) is 0.638. The Bertz CT molecular complexity index is 684. The van der Waals surface area contributed by atoms with Crippen LogP contribution in [0.5, 0.6) is 0 Å². The number of hydrogen-bond acceptors (Lipinski definition) is 4. The molecule has 4 heteroatoms. The number of nitrogens with one attached hydrogen (secondary N) is 1. The van der Waals surface area contributed by atoms with Gasteiger partial charge in [0.05, 0.1) is 6.54 Å². The molecular weight excluding hydrogens is 334 g/mol. The highest BCUT2D eigenvalue weighted by Gasteiger charge is 2.22. The van der Waals surface area contributed by atoms with Gasteiger partial charge >= 0.3 is 0 Å². The van der Waals surface area contributed by atoms with Crippen LogP contribution in [0, 0.1) is 11.8 Å². The number of nitrogens with zero attached hydrogens (tertiary/aromatic N) is 2. The van der Waals surface area contributed by atoms with Crippen LogP contribution in [-0.2, 0) is 13.0 Å². The van der Waals surface area contributed by atoms with Gasteiger partial charge in [-0.3, -0.25) is 0 Å². The van der Waals surface area contributed by atoms with Gasteiger partial charge in [-0.1, -0.05) is 76.4 Å². The van der Waals surface area contributed by atoms with Gasteiger partial charge in [0.25, 0.3) is 0 Å². The van der Waals surface area contributed by atoms with E-state index in [4.69, 9.17) is 4.52 Å². The van der Waals surface area contributed by atoms with E-state index in [0.717, 1.165) is 18.1 Å². The Morgan fingerprint density at radius 1 is 1.04 bits per heavy atom. The summed E-state index contributed by atoms with van der Waals surface area (Å²) in [6, 6.07) is 9.34. The highest BCUT2D eigenvalue weighted by atomic mass is 16.5. The van der Waals surface area contributed by atoms with Crippen LogP contribution >= 0.6 is 0 Å². The lowest BCUT2D eigenvalue weighted by Gasteiger charge is -2.22. The topological polar surface area (TPSA) is 51.0 Å². The second-order valence-electron chi connectivity index (χ2n) is 8.83. The summed E-state index contributed by atoms with van der Waals surface area (Å²) in [5.74, 6) is 3.26. The van der Waals surface area contributed by atoms with Gasteiger partial charge in [-0.05, 0) is 42.2 Å². The van der Waals surface area contributed by atoms with Gasteiger partial charge in [0, 0.05) is 12.0 Å². The van der Waals surface area contributed by atoms with Crippen LogP contribution in [0.4, 0.5) is 0 Å². The summed E-state index contributed by atoms with van der Waals surface area (Å²) in [7, 11) is 0. The molecule has 1 aromatic heterocycles. The molecule has 1 fully saturated rings. The first-order valence-corrected chi connectivity index (χ1v) is 10.7. The molecule has 1 heterocycles. The van der Waals surface area contributed by atoms with Crippen LogP contribution in [0.3, 0.4) is 0 Å². The monoisotopic (exact) mass is 369 g/mol. The number of hydrogen-bond donors (Lipinski definition) is 1. The lowest BCUT2D eigenvalue weighted by Crippen LogP contribution is -2.26. The summed E-state index contributed by atoms with van der Waals surface area (Å²) < 4.78 is 5.55. The van der Waals surface area contributed by atoms with E-state index in [1.807, 2.05) is 0 Å². The zero-order valence-corrected chi connectivity index (χ0v) is 17.4. The fourth-order valence-electron chi connectivity index (χ4n) is 4.13. The van der Waals surface area contributed by atoms with Crippen molar-refractivity contribution in [1.82, 2.24) is 15.5 Å². The fourth-order valence-corrected chi connectivity index (χ4v) is 4.13. The van der Waals surface area contributed by atoms with Crippen molar-refractivity contribution < 1.29 is 4.52 Å². The zero-order chi connectivity index (χ0) is 19.2. The highest BCUT2D eigenvalue weighted by molar-refractivity contribution is 5.25. The van der Waals surface area contributed by atoms with Gasteiger partial charge < -0.3 is 9.84 Å². The predicted molar refractivity (Wildman–Crippen MR) is 110 cm³/mol. The van der Waals surface area contributed by atoms with Crippen molar-refractivity contribution in [2.75, 3.05) is 0 Å². The van der Waals surface area contributed by atoms with Crippen molar-refractivity contribution in [3.8, 4) is 0 Å². The Hall–Kier alpha value is -1.68. The molecule has 1 N–H and O–H groups in total. The van der Waals surface area contributed by atoms with Gasteiger partial charge in [0.15, 0.2) is 5.82 Å². The first-order valence-electron chi connectivity index (χ1n) is 10.7. The maximum absolute atomic E-state index is 5.55. The average Bonchev–Trinajstić information content (AvgIpc) is 3.12. The maximum atomic E-state index is 5.55. The molecule has 0 spiro atoms. The molecule has 3 rings (SSSR count). The predicted octanol–water partition coefficient (Wildman–Crippen LogP) is 5.80. The largest absolute Gasteiger partial charge is 0.339 e. The standard InChI is InChI=1S/C23H35N3O/c1-16(2)14-18-10-12-19(13-11-18)22(17(3)4)24-15-21-25-23(27-26-21)20-8-6-5-7-9-20/h10-13,16-17,20,22,24H,5-9,14-15H2,1-4H3. The highest BCUT2D eigenvalue weighted by Crippen LogP contribution is 2.31. The van der Waals surface area contributed by atoms with Crippen molar-refractivity contribution in [1.29, 1.82) is 0 Å². The minimum atomic E-state index is 0.287. The third-order valence-electron chi connectivity index (χ3n) is 5.57. The van der Waals surface area contributed by atoms with Gasteiger partial charge in [-0.15, -0.1) is 0 Å². The van der Waals surface area contributed by atoms with E-state index in [1.165, 1.54) is 43.2 Å². The summed E-state index contributed by atoms with van der Waals surface area (Å²) in [4.78, 5) is 4.67. The molecule has 2 aromatic rings. The van der Waals surface area contributed by atoms with Crippen LogP contribution in [0.2, 0.25) is 0 Å². The van der Waals surface area contributed by atoms with E-state index >= 15 is 0 Å². The van der Waals surface area contributed by atoms with Gasteiger partial charge in [-0.25, -0.2) is 0 Å². The number of rotatable bonds is 8. The molecule has 0 bridgehead atoms. The molecule has 0 aliphatic heterocycles. The molecule has 1 aliphatic carbocycles. The fraction of sp³-hybridized carbons (Fsp3) is 0.652. The number of aromatic nitrogens is 2. The van der Waals surface area contributed by atoms with Crippen LogP contribution in [0.25, 0.3) is 0 Å². The Morgan fingerprint density at radius 2 is 1.74 bits per heavy atom. The Balaban J connectivity index is 1.60. The summed E-state index contributed by atoms with van der Waals surface area (Å²) in [6.07, 6.45) is 7.41. The van der Waals surface area contributed by atoms with Crippen molar-refractivity contribution in [3.05, 3.63) is 47.1 Å². The smallest absolute Gasteiger partial charge is 0.229 e. The molecule has 1 saturated carbocycles. The van der Waals surface area contributed by atoms with Gasteiger partial charge in [-0.2, -0.15) is 4.98 Å². The molecule has 0 amide bonds. The van der Waals surface area contributed by atoms with E-state index in [9.17, 15) is 0 Å². The second-order valence-corrected chi connectivity index (χ2v) is 8.83. The van der Waals surface area contributed by atoms with E-state index in [-0.39, 0.29) is 6.04 Å². The van der Waals surface area contributed by atoms with E-state index in [0.29, 0.717) is 24.3 Å². The molecule has 27 heavy (non-hydrogen) atoms. The lowest BCUT2D eigenvalue weighted by molar-refractivity contribution is 0.310. The van der Waals surface area contributed by atoms with E-state index in [2.05, 4.69) is 67.4 Å². The average molecular weight is 370 g/mol. The second kappa shape index (κ2) is 9.50. The summed E-state index contributed by atoms with van der Waals surface area (Å²) in [6.45, 7) is 9.68. The molecule has 1 aromatic carbocycles. The molecule has 0 radical (unpaired) electrons. The third kappa shape index (κ3) is 5.65. The summed E-state index contributed by atoms with van der Waals surface area (Å²) >= 11 is 0. The molecule has 148 valence electrons. The SMILES string of the molecule is CC(C)Cc1ccc(C(NCc2noc(C3CCCCC3)n2)C(C)C)cc1. The van der Waals surface area contributed by atoms with Crippen molar-refractivity contribution in [3.63, 3.8) is 0 Å². The van der Waals surface area contributed by atoms with E-state index < -0.39 is 0 Å². The van der Waals surface area contributed by atoms with Crippen LogP contribution < -0.4 is 5.32 Å². The normalized spacial score (nSPS) is 17.0. The molecule has 0 saturated heterocycles. The Morgan fingerprint density at radius 3 is 2.37 bits per heavy atom. The van der Waals surface area contributed by atoms with Crippen molar-refractivity contribution >= 4 is 0 Å². The molecule has 1 aliphatic rings. The Kier molecular flexibility index (Phi) is 7.06. The summed E-state index contributed by atoms with van der Waals surface area (Å²) in [5, 5.41) is 7.86. The minimum absolute atomic E-state index is 0.287. The summed E-state index contributed by atoms with van der Waals surface area (Å²) in [5.41, 5.74) is 2.74.